The fourth-order valence-electron chi connectivity index (χ4n) is 2.79. The number of likely N-dealkylation sites (tertiary alicyclic amines) is 1. The minimum absolute atomic E-state index is 0.0994. The van der Waals surface area contributed by atoms with Gasteiger partial charge in [-0.25, -0.2) is 0 Å². The topological polar surface area (TPSA) is 30.9 Å². The van der Waals surface area contributed by atoms with E-state index in [1.54, 1.807) is 0 Å². The lowest BCUT2D eigenvalue weighted by Gasteiger charge is -2.41. The number of rotatable bonds is 1. The molecule has 3 aliphatic rings. The van der Waals surface area contributed by atoms with Crippen LogP contribution in [0.5, 0.6) is 0 Å². The van der Waals surface area contributed by atoms with Gasteiger partial charge in [-0.3, -0.25) is 4.90 Å². The standard InChI is InChI=1S/C11H19NO3/c1-2-4-12(3-1)9-7-10-11(15-8-9)14-6-5-13-10/h9-11H,1-8H2/t9-,10-,11+/m0/s1. The number of hydrogen-bond acceptors (Lipinski definition) is 4. The number of fused-ring (bicyclic) bond motifs is 1. The molecule has 0 aromatic heterocycles. The summed E-state index contributed by atoms with van der Waals surface area (Å²) in [5.74, 6) is 0. The molecule has 0 saturated carbocycles. The van der Waals surface area contributed by atoms with Crippen molar-refractivity contribution in [2.75, 3.05) is 32.9 Å². The molecule has 4 heteroatoms. The number of ether oxygens (including phenoxy) is 3. The predicted octanol–water partition coefficient (Wildman–Crippen LogP) is 0.613. The first-order valence-electron chi connectivity index (χ1n) is 6.02. The molecule has 3 fully saturated rings. The summed E-state index contributed by atoms with van der Waals surface area (Å²) in [6, 6.07) is 0.551. The fourth-order valence-corrected chi connectivity index (χ4v) is 2.79. The van der Waals surface area contributed by atoms with Crippen molar-refractivity contribution in [2.45, 2.75) is 37.7 Å². The molecule has 3 atom stereocenters. The average Bonchev–Trinajstić information content (AvgIpc) is 2.82. The van der Waals surface area contributed by atoms with E-state index in [9.17, 15) is 0 Å². The van der Waals surface area contributed by atoms with Crippen LogP contribution in [0.1, 0.15) is 19.3 Å². The molecule has 4 nitrogen and oxygen atoms in total. The highest BCUT2D eigenvalue weighted by Gasteiger charge is 2.37. The van der Waals surface area contributed by atoms with Gasteiger partial charge >= 0.3 is 0 Å². The molecule has 3 rings (SSSR count). The molecular weight excluding hydrogens is 194 g/mol. The molecule has 15 heavy (non-hydrogen) atoms. The molecule has 0 aromatic carbocycles. The summed E-state index contributed by atoms with van der Waals surface area (Å²) in [5.41, 5.74) is 0. The van der Waals surface area contributed by atoms with E-state index in [-0.39, 0.29) is 12.4 Å². The van der Waals surface area contributed by atoms with Crippen LogP contribution in [-0.2, 0) is 14.2 Å². The van der Waals surface area contributed by atoms with Gasteiger partial charge in [0.2, 0.25) is 0 Å². The van der Waals surface area contributed by atoms with Gasteiger partial charge in [0.25, 0.3) is 0 Å². The zero-order valence-corrected chi connectivity index (χ0v) is 9.06. The van der Waals surface area contributed by atoms with E-state index >= 15 is 0 Å². The molecule has 86 valence electrons. The maximum absolute atomic E-state index is 5.72. The maximum Gasteiger partial charge on any atom is 0.183 e. The Kier molecular flexibility index (Phi) is 2.92. The Morgan fingerprint density at radius 1 is 0.933 bits per heavy atom. The van der Waals surface area contributed by atoms with E-state index in [1.165, 1.54) is 25.9 Å². The Hall–Kier alpha value is -0.160. The highest BCUT2D eigenvalue weighted by atomic mass is 16.7. The third kappa shape index (κ3) is 2.04. The molecule has 3 heterocycles. The van der Waals surface area contributed by atoms with E-state index in [0.717, 1.165) is 19.6 Å². The first-order chi connectivity index (χ1) is 7.43. The SMILES string of the molecule is C1CCN([C@@H]2CO[C@H]3OCCO[C@H]3C2)C1. The van der Waals surface area contributed by atoms with Gasteiger partial charge in [0.1, 0.15) is 6.10 Å². The lowest BCUT2D eigenvalue weighted by Crippen LogP contribution is -2.52. The minimum atomic E-state index is -0.0994. The van der Waals surface area contributed by atoms with Crippen LogP contribution in [0.4, 0.5) is 0 Å². The molecule has 0 spiro atoms. The van der Waals surface area contributed by atoms with E-state index < -0.39 is 0 Å². The molecule has 0 aliphatic carbocycles. The zero-order valence-electron chi connectivity index (χ0n) is 9.06. The van der Waals surface area contributed by atoms with Gasteiger partial charge in [0.15, 0.2) is 6.29 Å². The van der Waals surface area contributed by atoms with Crippen molar-refractivity contribution in [3.05, 3.63) is 0 Å². The summed E-state index contributed by atoms with van der Waals surface area (Å²) in [7, 11) is 0. The first-order valence-corrected chi connectivity index (χ1v) is 6.02. The second kappa shape index (κ2) is 4.37. The highest BCUT2D eigenvalue weighted by molar-refractivity contribution is 4.85. The molecule has 0 bridgehead atoms. The Bertz CT molecular complexity index is 218. The summed E-state index contributed by atoms with van der Waals surface area (Å²) < 4.78 is 16.9. The molecule has 0 N–H and O–H groups in total. The van der Waals surface area contributed by atoms with Crippen LogP contribution in [0.3, 0.4) is 0 Å². The highest BCUT2D eigenvalue weighted by Crippen LogP contribution is 2.26. The fraction of sp³-hybridized carbons (Fsp3) is 1.00. The van der Waals surface area contributed by atoms with Gasteiger partial charge in [-0.15, -0.1) is 0 Å². The van der Waals surface area contributed by atoms with Gasteiger partial charge < -0.3 is 14.2 Å². The number of nitrogens with zero attached hydrogens (tertiary/aromatic N) is 1. The zero-order chi connectivity index (χ0) is 10.1. The van der Waals surface area contributed by atoms with Gasteiger partial charge in [0, 0.05) is 6.04 Å². The second-order valence-electron chi connectivity index (χ2n) is 4.61. The third-order valence-electron chi connectivity index (χ3n) is 3.62. The third-order valence-corrected chi connectivity index (χ3v) is 3.62. The lowest BCUT2D eigenvalue weighted by atomic mass is 10.0. The Morgan fingerprint density at radius 3 is 2.60 bits per heavy atom. The van der Waals surface area contributed by atoms with Crippen molar-refractivity contribution in [3.63, 3.8) is 0 Å². The van der Waals surface area contributed by atoms with E-state index in [4.69, 9.17) is 14.2 Å². The molecule has 3 saturated heterocycles. The van der Waals surface area contributed by atoms with Crippen LogP contribution in [0.15, 0.2) is 0 Å². The van der Waals surface area contributed by atoms with Crippen LogP contribution in [-0.4, -0.2) is 56.2 Å². The van der Waals surface area contributed by atoms with Crippen LogP contribution in [0.2, 0.25) is 0 Å². The number of hydrogen-bond donors (Lipinski definition) is 0. The normalized spacial score (nSPS) is 42.8. The Balaban J connectivity index is 1.59. The van der Waals surface area contributed by atoms with E-state index in [2.05, 4.69) is 4.90 Å². The second-order valence-corrected chi connectivity index (χ2v) is 4.61. The lowest BCUT2D eigenvalue weighted by molar-refractivity contribution is -0.275. The van der Waals surface area contributed by atoms with Gasteiger partial charge in [-0.1, -0.05) is 0 Å². The van der Waals surface area contributed by atoms with Crippen LogP contribution in [0.25, 0.3) is 0 Å². The van der Waals surface area contributed by atoms with E-state index in [1.807, 2.05) is 0 Å². The molecule has 0 unspecified atom stereocenters. The smallest absolute Gasteiger partial charge is 0.183 e. The average molecular weight is 213 g/mol. The minimum Gasteiger partial charge on any atom is -0.370 e. The molecule has 0 aromatic rings. The molecule has 3 aliphatic heterocycles. The summed E-state index contributed by atoms with van der Waals surface area (Å²) in [5, 5.41) is 0. The van der Waals surface area contributed by atoms with Crippen LogP contribution >= 0.6 is 0 Å². The monoisotopic (exact) mass is 213 g/mol. The van der Waals surface area contributed by atoms with Crippen molar-refractivity contribution < 1.29 is 14.2 Å². The van der Waals surface area contributed by atoms with Gasteiger partial charge in [-0.05, 0) is 32.4 Å². The van der Waals surface area contributed by atoms with Crippen molar-refractivity contribution in [2.24, 2.45) is 0 Å². The Morgan fingerprint density at radius 2 is 1.73 bits per heavy atom. The van der Waals surface area contributed by atoms with Crippen LogP contribution in [0, 0.1) is 0 Å². The summed E-state index contributed by atoms with van der Waals surface area (Å²) in [6.07, 6.45) is 3.81. The Labute approximate surface area is 90.5 Å². The van der Waals surface area contributed by atoms with E-state index in [0.29, 0.717) is 12.6 Å². The summed E-state index contributed by atoms with van der Waals surface area (Å²) in [4.78, 5) is 2.54. The van der Waals surface area contributed by atoms with Crippen molar-refractivity contribution >= 4 is 0 Å². The quantitative estimate of drug-likeness (QED) is 0.638. The maximum atomic E-state index is 5.72. The molecule has 0 amide bonds. The summed E-state index contributed by atoms with van der Waals surface area (Å²) >= 11 is 0. The van der Waals surface area contributed by atoms with Gasteiger partial charge in [0.05, 0.1) is 19.8 Å². The molecule has 0 radical (unpaired) electrons. The van der Waals surface area contributed by atoms with Crippen molar-refractivity contribution in [3.8, 4) is 0 Å². The van der Waals surface area contributed by atoms with Crippen molar-refractivity contribution in [1.29, 1.82) is 0 Å². The summed E-state index contributed by atoms with van der Waals surface area (Å²) in [6.45, 7) is 4.66. The largest absolute Gasteiger partial charge is 0.370 e. The van der Waals surface area contributed by atoms with Gasteiger partial charge in [-0.2, -0.15) is 0 Å². The first kappa shape index (κ1) is 10.0. The predicted molar refractivity (Wildman–Crippen MR) is 54.6 cm³/mol. The van der Waals surface area contributed by atoms with Crippen LogP contribution < -0.4 is 0 Å². The van der Waals surface area contributed by atoms with Crippen molar-refractivity contribution in [1.82, 2.24) is 4.90 Å². The molecular formula is C11H19NO3.